The van der Waals surface area contributed by atoms with Gasteiger partial charge in [-0.15, -0.1) is 0 Å². The van der Waals surface area contributed by atoms with Crippen molar-refractivity contribution in [1.82, 2.24) is 0 Å². The molecule has 3 rings (SSSR count). The molecule has 0 spiro atoms. The Labute approximate surface area is 152 Å². The van der Waals surface area contributed by atoms with Crippen molar-refractivity contribution in [3.05, 3.63) is 64.4 Å². The van der Waals surface area contributed by atoms with Crippen molar-refractivity contribution in [1.29, 1.82) is 0 Å². The standard InChI is InChI=1S/C20H22ClFO3/c1-2-4-20-24-13-17(25-20)12-23-19-8-7-15(11-18(19)21)9-14-5-3-6-16(22)10-14/h3,5-8,10-11,17,20H,2,4,9,12-13H2,1H3. The Kier molecular flexibility index (Phi) is 6.29. The van der Waals surface area contributed by atoms with Gasteiger partial charge in [0.1, 0.15) is 24.3 Å². The van der Waals surface area contributed by atoms with E-state index in [-0.39, 0.29) is 18.2 Å². The maximum atomic E-state index is 13.3. The van der Waals surface area contributed by atoms with Crippen molar-refractivity contribution >= 4 is 11.6 Å². The minimum atomic E-state index is -0.233. The summed E-state index contributed by atoms with van der Waals surface area (Å²) in [5, 5.41) is 0.540. The first-order valence-corrected chi connectivity index (χ1v) is 8.94. The van der Waals surface area contributed by atoms with E-state index >= 15 is 0 Å². The summed E-state index contributed by atoms with van der Waals surface area (Å²) in [6, 6.07) is 12.2. The second-order valence-corrected chi connectivity index (χ2v) is 6.60. The van der Waals surface area contributed by atoms with E-state index in [1.165, 1.54) is 12.1 Å². The summed E-state index contributed by atoms with van der Waals surface area (Å²) in [6.45, 7) is 3.05. The van der Waals surface area contributed by atoms with Gasteiger partial charge in [-0.3, -0.25) is 0 Å². The normalized spacial score (nSPS) is 20.0. The van der Waals surface area contributed by atoms with Crippen LogP contribution in [0.25, 0.3) is 0 Å². The molecular formula is C20H22ClFO3. The molecule has 2 aromatic rings. The van der Waals surface area contributed by atoms with Gasteiger partial charge in [-0.2, -0.15) is 0 Å². The Morgan fingerprint density at radius 1 is 1.20 bits per heavy atom. The van der Waals surface area contributed by atoms with Crippen LogP contribution < -0.4 is 4.74 Å². The van der Waals surface area contributed by atoms with Crippen LogP contribution >= 0.6 is 11.6 Å². The predicted octanol–water partition coefficient (Wildman–Crippen LogP) is 4.99. The lowest BCUT2D eigenvalue weighted by Crippen LogP contribution is -2.21. The summed E-state index contributed by atoms with van der Waals surface area (Å²) in [6.07, 6.45) is 2.35. The molecule has 0 N–H and O–H groups in total. The average molecular weight is 365 g/mol. The molecule has 134 valence electrons. The van der Waals surface area contributed by atoms with E-state index in [1.54, 1.807) is 6.07 Å². The molecule has 1 fully saturated rings. The fraction of sp³-hybridized carbons (Fsp3) is 0.400. The van der Waals surface area contributed by atoms with E-state index in [0.29, 0.717) is 30.4 Å². The van der Waals surface area contributed by atoms with Crippen molar-refractivity contribution in [2.75, 3.05) is 13.2 Å². The molecular weight excluding hydrogens is 343 g/mol. The number of halogens is 2. The molecule has 1 saturated heterocycles. The van der Waals surface area contributed by atoms with Gasteiger partial charge < -0.3 is 14.2 Å². The number of hydrogen-bond acceptors (Lipinski definition) is 3. The molecule has 1 aliphatic rings. The molecule has 1 aliphatic heterocycles. The topological polar surface area (TPSA) is 27.7 Å². The molecule has 25 heavy (non-hydrogen) atoms. The zero-order valence-corrected chi connectivity index (χ0v) is 15.0. The molecule has 0 radical (unpaired) electrons. The second-order valence-electron chi connectivity index (χ2n) is 6.19. The molecule has 1 heterocycles. The maximum absolute atomic E-state index is 13.3. The van der Waals surface area contributed by atoms with Gasteiger partial charge in [0.2, 0.25) is 0 Å². The highest BCUT2D eigenvalue weighted by Gasteiger charge is 2.25. The Bertz CT molecular complexity index is 707. The van der Waals surface area contributed by atoms with Crippen LogP contribution in [0.4, 0.5) is 4.39 Å². The highest BCUT2D eigenvalue weighted by atomic mass is 35.5. The summed E-state index contributed by atoms with van der Waals surface area (Å²) < 4.78 is 30.3. The molecule has 0 aromatic heterocycles. The second kappa shape index (κ2) is 8.65. The van der Waals surface area contributed by atoms with Crippen LogP contribution in [0.2, 0.25) is 5.02 Å². The van der Waals surface area contributed by atoms with Crippen LogP contribution in [0.5, 0.6) is 5.75 Å². The Balaban J connectivity index is 1.55. The van der Waals surface area contributed by atoms with Crippen molar-refractivity contribution < 1.29 is 18.6 Å². The third-order valence-electron chi connectivity index (χ3n) is 4.05. The van der Waals surface area contributed by atoms with Crippen molar-refractivity contribution in [3.8, 4) is 5.75 Å². The van der Waals surface area contributed by atoms with Gasteiger partial charge in [-0.05, 0) is 48.2 Å². The number of hydrogen-bond donors (Lipinski definition) is 0. The van der Waals surface area contributed by atoms with E-state index in [4.69, 9.17) is 25.8 Å². The van der Waals surface area contributed by atoms with E-state index in [9.17, 15) is 4.39 Å². The zero-order valence-electron chi connectivity index (χ0n) is 14.2. The molecule has 2 aromatic carbocycles. The van der Waals surface area contributed by atoms with Gasteiger partial charge in [-0.25, -0.2) is 4.39 Å². The van der Waals surface area contributed by atoms with E-state index in [0.717, 1.165) is 24.0 Å². The highest BCUT2D eigenvalue weighted by molar-refractivity contribution is 6.32. The molecule has 5 heteroatoms. The molecule has 3 nitrogen and oxygen atoms in total. The summed E-state index contributed by atoms with van der Waals surface area (Å²) in [4.78, 5) is 0. The van der Waals surface area contributed by atoms with Crippen LogP contribution in [-0.4, -0.2) is 25.6 Å². The zero-order chi connectivity index (χ0) is 17.6. The van der Waals surface area contributed by atoms with Crippen LogP contribution in [0.3, 0.4) is 0 Å². The van der Waals surface area contributed by atoms with Gasteiger partial charge in [0, 0.05) is 0 Å². The average Bonchev–Trinajstić information content (AvgIpc) is 3.02. The first kappa shape index (κ1) is 18.2. The van der Waals surface area contributed by atoms with Crippen LogP contribution in [0.15, 0.2) is 42.5 Å². The van der Waals surface area contributed by atoms with Crippen LogP contribution in [0, 0.1) is 5.82 Å². The van der Waals surface area contributed by atoms with E-state index in [1.807, 2.05) is 24.3 Å². The van der Waals surface area contributed by atoms with Crippen LogP contribution in [0.1, 0.15) is 30.9 Å². The van der Waals surface area contributed by atoms with Gasteiger partial charge in [0.25, 0.3) is 0 Å². The summed E-state index contributed by atoms with van der Waals surface area (Å²) in [5.74, 6) is 0.385. The molecule has 0 aliphatic carbocycles. The van der Waals surface area contributed by atoms with Gasteiger partial charge in [-0.1, -0.05) is 43.1 Å². The highest BCUT2D eigenvalue weighted by Crippen LogP contribution is 2.27. The molecule has 0 bridgehead atoms. The number of rotatable bonds is 7. The Hall–Kier alpha value is -1.62. The lowest BCUT2D eigenvalue weighted by molar-refractivity contribution is -0.0676. The third kappa shape index (κ3) is 5.18. The summed E-state index contributed by atoms with van der Waals surface area (Å²) in [7, 11) is 0. The van der Waals surface area contributed by atoms with Gasteiger partial charge >= 0.3 is 0 Å². The first-order valence-electron chi connectivity index (χ1n) is 8.56. The van der Waals surface area contributed by atoms with Crippen molar-refractivity contribution in [2.24, 2.45) is 0 Å². The monoisotopic (exact) mass is 364 g/mol. The van der Waals surface area contributed by atoms with Crippen molar-refractivity contribution in [3.63, 3.8) is 0 Å². The molecule has 2 atom stereocenters. The lowest BCUT2D eigenvalue weighted by Gasteiger charge is -2.13. The Morgan fingerprint density at radius 2 is 2.04 bits per heavy atom. The SMILES string of the molecule is CCCC1OCC(COc2ccc(Cc3cccc(F)c3)cc2Cl)O1. The maximum Gasteiger partial charge on any atom is 0.158 e. The van der Waals surface area contributed by atoms with Crippen molar-refractivity contribution in [2.45, 2.75) is 38.6 Å². The fourth-order valence-corrected chi connectivity index (χ4v) is 3.08. The number of ether oxygens (including phenoxy) is 3. The Morgan fingerprint density at radius 3 is 2.80 bits per heavy atom. The largest absolute Gasteiger partial charge is 0.489 e. The minimum absolute atomic E-state index is 0.0698. The van der Waals surface area contributed by atoms with E-state index < -0.39 is 0 Å². The van der Waals surface area contributed by atoms with E-state index in [2.05, 4.69) is 6.92 Å². The fourth-order valence-electron chi connectivity index (χ4n) is 2.82. The minimum Gasteiger partial charge on any atom is -0.489 e. The molecule has 0 saturated carbocycles. The summed E-state index contributed by atoms with van der Waals surface area (Å²) in [5.41, 5.74) is 1.91. The lowest BCUT2D eigenvalue weighted by atomic mass is 10.0. The molecule has 0 amide bonds. The smallest absolute Gasteiger partial charge is 0.158 e. The first-order chi connectivity index (χ1) is 12.1. The van der Waals surface area contributed by atoms with Crippen LogP contribution in [-0.2, 0) is 15.9 Å². The summed E-state index contributed by atoms with van der Waals surface area (Å²) >= 11 is 6.32. The number of benzene rings is 2. The van der Waals surface area contributed by atoms with Gasteiger partial charge in [0.15, 0.2) is 6.29 Å². The third-order valence-corrected chi connectivity index (χ3v) is 4.35. The predicted molar refractivity (Wildman–Crippen MR) is 95.7 cm³/mol. The molecule has 2 unspecified atom stereocenters. The quantitative estimate of drug-likeness (QED) is 0.692. The van der Waals surface area contributed by atoms with Gasteiger partial charge in [0.05, 0.1) is 11.6 Å².